The third kappa shape index (κ3) is 4.44. The Hall–Kier alpha value is -0.650. The molecule has 2 fully saturated rings. The van der Waals surface area contributed by atoms with Crippen molar-refractivity contribution in [3.05, 3.63) is 0 Å². The highest BCUT2D eigenvalue weighted by molar-refractivity contribution is 5.69. The Morgan fingerprint density at radius 1 is 1.47 bits per heavy atom. The van der Waals surface area contributed by atoms with Crippen LogP contribution in [-0.2, 0) is 19.0 Å². The van der Waals surface area contributed by atoms with Gasteiger partial charge in [-0.15, -0.1) is 0 Å². The molecule has 2 heterocycles. The molecule has 0 bridgehead atoms. The maximum Gasteiger partial charge on any atom is 0.308 e. The first-order valence-corrected chi connectivity index (χ1v) is 7.27. The van der Waals surface area contributed by atoms with E-state index in [1.165, 1.54) is 26.5 Å². The predicted octanol–water partition coefficient (Wildman–Crippen LogP) is 1.41. The molecule has 5 heteroatoms. The molecular weight excluding hydrogens is 246 g/mol. The molecule has 3 atom stereocenters. The van der Waals surface area contributed by atoms with Crippen LogP contribution < -0.4 is 0 Å². The number of piperidine rings is 1. The van der Waals surface area contributed by atoms with Crippen molar-refractivity contribution in [2.45, 2.75) is 45.0 Å². The Balaban J connectivity index is 1.71. The van der Waals surface area contributed by atoms with Crippen molar-refractivity contribution in [1.82, 2.24) is 4.90 Å². The van der Waals surface area contributed by atoms with E-state index in [1.807, 2.05) is 0 Å². The van der Waals surface area contributed by atoms with E-state index in [9.17, 15) is 4.79 Å². The summed E-state index contributed by atoms with van der Waals surface area (Å²) in [6, 6.07) is 0. The van der Waals surface area contributed by atoms with E-state index in [1.54, 1.807) is 0 Å². The summed E-state index contributed by atoms with van der Waals surface area (Å²) in [6.45, 7) is 6.18. The van der Waals surface area contributed by atoms with E-state index in [4.69, 9.17) is 9.47 Å². The number of ether oxygens (including phenoxy) is 3. The van der Waals surface area contributed by atoms with Crippen LogP contribution in [0.25, 0.3) is 0 Å². The summed E-state index contributed by atoms with van der Waals surface area (Å²) in [4.78, 5) is 13.7. The average molecular weight is 271 g/mol. The van der Waals surface area contributed by atoms with Gasteiger partial charge >= 0.3 is 5.97 Å². The maximum atomic E-state index is 11.2. The van der Waals surface area contributed by atoms with Crippen LogP contribution in [0.15, 0.2) is 0 Å². The van der Waals surface area contributed by atoms with E-state index < -0.39 is 0 Å². The van der Waals surface area contributed by atoms with Crippen LogP contribution in [0, 0.1) is 5.92 Å². The minimum Gasteiger partial charge on any atom is -0.469 e. The van der Waals surface area contributed by atoms with Crippen molar-refractivity contribution < 1.29 is 19.0 Å². The zero-order valence-electron chi connectivity index (χ0n) is 12.0. The summed E-state index contributed by atoms with van der Waals surface area (Å²) in [5.74, 6) is 0.416. The van der Waals surface area contributed by atoms with Crippen molar-refractivity contribution in [3.63, 3.8) is 0 Å². The zero-order chi connectivity index (χ0) is 13.7. The van der Waals surface area contributed by atoms with Crippen LogP contribution in [0.2, 0.25) is 0 Å². The first kappa shape index (κ1) is 14.8. The lowest BCUT2D eigenvalue weighted by molar-refractivity contribution is -0.144. The Kier molecular flexibility index (Phi) is 5.60. The summed E-state index contributed by atoms with van der Waals surface area (Å²) < 4.78 is 16.0. The number of likely N-dealkylation sites (tertiary alicyclic amines) is 1. The van der Waals surface area contributed by atoms with E-state index in [2.05, 4.69) is 16.6 Å². The molecule has 5 nitrogen and oxygen atoms in total. The molecule has 0 aromatic heterocycles. The maximum absolute atomic E-state index is 11.2. The fourth-order valence-electron chi connectivity index (χ4n) is 2.91. The van der Waals surface area contributed by atoms with Gasteiger partial charge in [0.25, 0.3) is 0 Å². The van der Waals surface area contributed by atoms with E-state index in [0.717, 1.165) is 19.5 Å². The third-order valence-electron chi connectivity index (χ3n) is 4.01. The van der Waals surface area contributed by atoms with Crippen LogP contribution in [0.3, 0.4) is 0 Å². The van der Waals surface area contributed by atoms with Gasteiger partial charge in [-0.3, -0.25) is 4.79 Å². The molecule has 19 heavy (non-hydrogen) atoms. The summed E-state index contributed by atoms with van der Waals surface area (Å²) in [6.07, 6.45) is 3.46. The summed E-state index contributed by atoms with van der Waals surface area (Å²) in [7, 11) is 1.40. The minimum atomic E-state index is -0.232. The van der Waals surface area contributed by atoms with E-state index in [0.29, 0.717) is 18.9 Å². The van der Waals surface area contributed by atoms with Gasteiger partial charge in [0.15, 0.2) is 6.29 Å². The minimum absolute atomic E-state index is 0.136. The third-order valence-corrected chi connectivity index (χ3v) is 4.01. The Bertz CT molecular complexity index is 297. The number of carbonyl (C=O) groups is 1. The first-order chi connectivity index (χ1) is 9.21. The Labute approximate surface area is 115 Å². The van der Waals surface area contributed by atoms with Crippen molar-refractivity contribution in [2.75, 3.05) is 33.4 Å². The molecule has 0 amide bonds. The highest BCUT2D eigenvalue weighted by atomic mass is 16.7. The fourth-order valence-corrected chi connectivity index (χ4v) is 2.91. The Morgan fingerprint density at radius 3 is 3.05 bits per heavy atom. The molecule has 0 aromatic rings. The number of carbonyl (C=O) groups excluding carboxylic acids is 1. The number of hydrogen-bond acceptors (Lipinski definition) is 5. The molecule has 110 valence electrons. The quantitative estimate of drug-likeness (QED) is 0.708. The molecule has 0 spiro atoms. The zero-order valence-corrected chi connectivity index (χ0v) is 12.0. The van der Waals surface area contributed by atoms with Gasteiger partial charge < -0.3 is 19.1 Å². The largest absolute Gasteiger partial charge is 0.469 e. The summed E-state index contributed by atoms with van der Waals surface area (Å²) in [5, 5.41) is 0. The number of hydrogen-bond donors (Lipinski definition) is 0. The van der Waals surface area contributed by atoms with E-state index in [-0.39, 0.29) is 18.4 Å². The lowest BCUT2D eigenvalue weighted by atomic mass is 9.94. The SMILES string of the molecule is CCN1CCCC(CC2OCC(CC(=O)OC)O2)C1. The standard InChI is InChI=1S/C14H25NO4/c1-3-15-6-4-5-11(9-15)7-14-18-10-12(19-14)8-13(16)17-2/h11-12,14H,3-10H2,1-2H3. The molecule has 2 saturated heterocycles. The van der Waals surface area contributed by atoms with Crippen molar-refractivity contribution >= 4 is 5.97 Å². The summed E-state index contributed by atoms with van der Waals surface area (Å²) in [5.41, 5.74) is 0. The van der Waals surface area contributed by atoms with E-state index >= 15 is 0 Å². The van der Waals surface area contributed by atoms with Crippen molar-refractivity contribution in [2.24, 2.45) is 5.92 Å². The molecule has 0 saturated carbocycles. The van der Waals surface area contributed by atoms with Gasteiger partial charge in [-0.2, -0.15) is 0 Å². The molecule has 2 aliphatic rings. The average Bonchev–Trinajstić information content (AvgIpc) is 2.86. The van der Waals surface area contributed by atoms with Gasteiger partial charge in [-0.25, -0.2) is 0 Å². The lowest BCUT2D eigenvalue weighted by Crippen LogP contribution is -2.36. The molecule has 0 aliphatic carbocycles. The molecule has 3 unspecified atom stereocenters. The number of nitrogens with zero attached hydrogens (tertiary/aromatic N) is 1. The molecular formula is C14H25NO4. The van der Waals surface area contributed by atoms with Crippen LogP contribution in [-0.4, -0.2) is 56.6 Å². The van der Waals surface area contributed by atoms with Crippen molar-refractivity contribution in [3.8, 4) is 0 Å². The van der Waals surface area contributed by atoms with Crippen molar-refractivity contribution in [1.29, 1.82) is 0 Å². The first-order valence-electron chi connectivity index (χ1n) is 7.27. The number of rotatable bonds is 5. The smallest absolute Gasteiger partial charge is 0.308 e. The van der Waals surface area contributed by atoms with Gasteiger partial charge in [0.2, 0.25) is 0 Å². The fraction of sp³-hybridized carbons (Fsp3) is 0.929. The second-order valence-corrected chi connectivity index (χ2v) is 5.44. The summed E-state index contributed by atoms with van der Waals surface area (Å²) >= 11 is 0. The van der Waals surface area contributed by atoms with Crippen LogP contribution >= 0.6 is 0 Å². The van der Waals surface area contributed by atoms with Gasteiger partial charge in [-0.05, 0) is 31.8 Å². The Morgan fingerprint density at radius 2 is 2.32 bits per heavy atom. The van der Waals surface area contributed by atoms with Crippen LogP contribution in [0.4, 0.5) is 0 Å². The molecule has 2 rings (SSSR count). The van der Waals surface area contributed by atoms with Crippen LogP contribution in [0.1, 0.15) is 32.6 Å². The second-order valence-electron chi connectivity index (χ2n) is 5.44. The monoisotopic (exact) mass is 271 g/mol. The van der Waals surface area contributed by atoms with Gasteiger partial charge in [0, 0.05) is 13.0 Å². The molecule has 0 aromatic carbocycles. The molecule has 0 radical (unpaired) electrons. The van der Waals surface area contributed by atoms with Gasteiger partial charge in [-0.1, -0.05) is 6.92 Å². The number of methoxy groups -OCH3 is 1. The van der Waals surface area contributed by atoms with Gasteiger partial charge in [0.1, 0.15) is 0 Å². The topological polar surface area (TPSA) is 48.0 Å². The lowest BCUT2D eigenvalue weighted by Gasteiger charge is -2.32. The highest BCUT2D eigenvalue weighted by Crippen LogP contribution is 2.26. The highest BCUT2D eigenvalue weighted by Gasteiger charge is 2.31. The number of esters is 1. The molecule has 0 N–H and O–H groups in total. The van der Waals surface area contributed by atoms with Crippen LogP contribution in [0.5, 0.6) is 0 Å². The predicted molar refractivity (Wildman–Crippen MR) is 70.7 cm³/mol. The second kappa shape index (κ2) is 7.22. The molecule has 2 aliphatic heterocycles. The van der Waals surface area contributed by atoms with Gasteiger partial charge in [0.05, 0.1) is 26.2 Å². The normalized spacial score (nSPS) is 32.4.